The summed E-state index contributed by atoms with van der Waals surface area (Å²) in [6, 6.07) is 0. The number of hydrogen-bond donors (Lipinski definition) is 0. The van der Waals surface area contributed by atoms with Crippen LogP contribution in [-0.2, 0) is 10.7 Å². The SMILES string of the molecule is C=CS1=NCCC1. The molecule has 0 aromatic heterocycles. The highest BCUT2D eigenvalue weighted by Crippen LogP contribution is 2.02. The van der Waals surface area contributed by atoms with E-state index in [2.05, 4.69) is 10.9 Å². The summed E-state index contributed by atoms with van der Waals surface area (Å²) in [5, 5.41) is 1.95. The predicted molar refractivity (Wildman–Crippen MR) is 34.3 cm³/mol. The molecule has 2 heteroatoms. The van der Waals surface area contributed by atoms with E-state index in [4.69, 9.17) is 0 Å². The van der Waals surface area contributed by atoms with Gasteiger partial charge in [-0.25, -0.2) is 0 Å². The maximum Gasteiger partial charge on any atom is 0.0470 e. The molecule has 40 valence electrons. The first-order valence-corrected chi connectivity index (χ1v) is 3.85. The van der Waals surface area contributed by atoms with Crippen LogP contribution in [0.4, 0.5) is 0 Å². The Balaban J connectivity index is 2.51. The van der Waals surface area contributed by atoms with Gasteiger partial charge in [0.15, 0.2) is 0 Å². The molecule has 0 aromatic carbocycles. The topological polar surface area (TPSA) is 12.4 Å². The average Bonchev–Trinajstić information content (AvgIpc) is 2.14. The molecule has 0 saturated heterocycles. The highest BCUT2D eigenvalue weighted by atomic mass is 32.2. The molecule has 1 unspecified atom stereocenters. The van der Waals surface area contributed by atoms with Crippen molar-refractivity contribution in [1.82, 2.24) is 0 Å². The van der Waals surface area contributed by atoms with Gasteiger partial charge < -0.3 is 0 Å². The van der Waals surface area contributed by atoms with Crippen LogP contribution >= 0.6 is 0 Å². The fraction of sp³-hybridized carbons (Fsp3) is 0.600. The standard InChI is InChI=1S/C5H9NS/c1-2-7-5-3-4-6-7/h2H,1,3-5H2. The van der Waals surface area contributed by atoms with Crippen molar-refractivity contribution in [3.8, 4) is 0 Å². The maximum atomic E-state index is 4.26. The van der Waals surface area contributed by atoms with E-state index < -0.39 is 0 Å². The van der Waals surface area contributed by atoms with Crippen LogP contribution in [0.2, 0.25) is 0 Å². The van der Waals surface area contributed by atoms with Gasteiger partial charge >= 0.3 is 0 Å². The Labute approximate surface area is 46.5 Å². The summed E-state index contributed by atoms with van der Waals surface area (Å²) in [5.74, 6) is 1.25. The fourth-order valence-corrected chi connectivity index (χ4v) is 1.78. The number of nitrogens with zero attached hydrogens (tertiary/aromatic N) is 1. The second kappa shape index (κ2) is 2.26. The van der Waals surface area contributed by atoms with Crippen LogP contribution < -0.4 is 0 Å². The Bertz CT molecular complexity index is 107. The van der Waals surface area contributed by atoms with Gasteiger partial charge in [0.2, 0.25) is 0 Å². The van der Waals surface area contributed by atoms with Crippen molar-refractivity contribution in [2.75, 3.05) is 12.3 Å². The molecule has 0 bridgehead atoms. The summed E-state index contributed by atoms with van der Waals surface area (Å²) in [6.07, 6.45) is 1.27. The molecule has 1 aliphatic rings. The van der Waals surface area contributed by atoms with E-state index in [9.17, 15) is 0 Å². The smallest absolute Gasteiger partial charge is 0.0470 e. The monoisotopic (exact) mass is 115 g/mol. The van der Waals surface area contributed by atoms with Gasteiger partial charge in [0.1, 0.15) is 0 Å². The van der Waals surface area contributed by atoms with Crippen molar-refractivity contribution >= 4 is 10.7 Å². The van der Waals surface area contributed by atoms with Gasteiger partial charge in [0.05, 0.1) is 0 Å². The summed E-state index contributed by atoms with van der Waals surface area (Å²) < 4.78 is 4.26. The number of rotatable bonds is 1. The lowest BCUT2D eigenvalue weighted by Gasteiger charge is -1.83. The van der Waals surface area contributed by atoms with Crippen molar-refractivity contribution in [3.05, 3.63) is 12.0 Å². The van der Waals surface area contributed by atoms with Gasteiger partial charge in [-0.2, -0.15) is 0 Å². The van der Waals surface area contributed by atoms with E-state index in [-0.39, 0.29) is 10.7 Å². The summed E-state index contributed by atoms with van der Waals surface area (Å²) in [7, 11) is 0.255. The summed E-state index contributed by atoms with van der Waals surface area (Å²) in [4.78, 5) is 0. The molecular formula is C5H9NS. The summed E-state index contributed by atoms with van der Waals surface area (Å²) >= 11 is 0. The number of hydrogen-bond acceptors (Lipinski definition) is 1. The van der Waals surface area contributed by atoms with Crippen LogP contribution in [0.25, 0.3) is 0 Å². The van der Waals surface area contributed by atoms with Gasteiger partial charge in [-0.1, -0.05) is 17.3 Å². The molecule has 7 heavy (non-hydrogen) atoms. The minimum atomic E-state index is 0.255. The molecule has 1 atom stereocenters. The van der Waals surface area contributed by atoms with E-state index in [0.29, 0.717) is 0 Å². The average molecular weight is 115 g/mol. The molecule has 1 heterocycles. The van der Waals surface area contributed by atoms with E-state index in [0.717, 1.165) is 6.54 Å². The molecular weight excluding hydrogens is 106 g/mol. The van der Waals surface area contributed by atoms with Gasteiger partial charge in [-0.05, 0) is 11.8 Å². The van der Waals surface area contributed by atoms with Gasteiger partial charge in [-0.3, -0.25) is 4.36 Å². The van der Waals surface area contributed by atoms with Crippen molar-refractivity contribution in [1.29, 1.82) is 0 Å². The lowest BCUT2D eigenvalue weighted by Crippen LogP contribution is -1.80. The Morgan fingerprint density at radius 3 is 2.86 bits per heavy atom. The lowest BCUT2D eigenvalue weighted by molar-refractivity contribution is 0.993. The zero-order chi connectivity index (χ0) is 5.11. The zero-order valence-electron chi connectivity index (χ0n) is 4.26. The molecule has 0 aromatic rings. The fourth-order valence-electron chi connectivity index (χ4n) is 0.595. The summed E-state index contributed by atoms with van der Waals surface area (Å²) in [6.45, 7) is 4.73. The first-order valence-electron chi connectivity index (χ1n) is 2.43. The van der Waals surface area contributed by atoms with Crippen LogP contribution in [0.5, 0.6) is 0 Å². The van der Waals surface area contributed by atoms with E-state index in [1.807, 2.05) is 5.41 Å². The van der Waals surface area contributed by atoms with E-state index in [1.165, 1.54) is 12.2 Å². The molecule has 1 rings (SSSR count). The largest absolute Gasteiger partial charge is 0.261 e. The van der Waals surface area contributed by atoms with Crippen molar-refractivity contribution in [3.63, 3.8) is 0 Å². The summed E-state index contributed by atoms with van der Waals surface area (Å²) in [5.41, 5.74) is 0. The molecule has 0 fully saturated rings. The van der Waals surface area contributed by atoms with Crippen molar-refractivity contribution in [2.45, 2.75) is 6.42 Å². The Morgan fingerprint density at radius 2 is 2.57 bits per heavy atom. The Hall–Kier alpha value is -0.110. The third-order valence-corrected chi connectivity index (χ3v) is 2.57. The predicted octanol–water partition coefficient (Wildman–Crippen LogP) is 1.34. The van der Waals surface area contributed by atoms with Gasteiger partial charge in [-0.15, -0.1) is 0 Å². The van der Waals surface area contributed by atoms with Crippen LogP contribution in [-0.4, -0.2) is 12.3 Å². The van der Waals surface area contributed by atoms with E-state index in [1.54, 1.807) is 0 Å². The first kappa shape index (κ1) is 5.04. The highest BCUT2D eigenvalue weighted by Gasteiger charge is 1.97. The Morgan fingerprint density at radius 1 is 1.71 bits per heavy atom. The quantitative estimate of drug-likeness (QED) is 0.489. The molecule has 0 amide bonds. The third-order valence-electron chi connectivity index (χ3n) is 0.961. The molecule has 0 aliphatic carbocycles. The first-order chi connectivity index (χ1) is 3.43. The molecule has 1 nitrogen and oxygen atoms in total. The highest BCUT2D eigenvalue weighted by molar-refractivity contribution is 7.90. The van der Waals surface area contributed by atoms with Crippen LogP contribution in [0, 0.1) is 0 Å². The second-order valence-corrected chi connectivity index (χ2v) is 3.28. The van der Waals surface area contributed by atoms with Crippen LogP contribution in [0.15, 0.2) is 16.3 Å². The van der Waals surface area contributed by atoms with Crippen LogP contribution in [0.1, 0.15) is 6.42 Å². The van der Waals surface area contributed by atoms with Gasteiger partial charge in [0.25, 0.3) is 0 Å². The molecule has 0 saturated carbocycles. The zero-order valence-corrected chi connectivity index (χ0v) is 5.08. The molecule has 0 spiro atoms. The second-order valence-electron chi connectivity index (χ2n) is 1.48. The van der Waals surface area contributed by atoms with Gasteiger partial charge in [0, 0.05) is 12.3 Å². The molecule has 1 aliphatic heterocycles. The van der Waals surface area contributed by atoms with Crippen molar-refractivity contribution < 1.29 is 0 Å². The lowest BCUT2D eigenvalue weighted by atomic mass is 10.5. The minimum absolute atomic E-state index is 0.255. The normalized spacial score (nSPS) is 29.4. The molecule has 0 radical (unpaired) electrons. The maximum absolute atomic E-state index is 4.26. The van der Waals surface area contributed by atoms with E-state index >= 15 is 0 Å². The third kappa shape index (κ3) is 1.13. The minimum Gasteiger partial charge on any atom is -0.261 e. The van der Waals surface area contributed by atoms with Crippen LogP contribution in [0.3, 0.4) is 0 Å². The Kier molecular flexibility index (Phi) is 1.63. The molecule has 0 N–H and O–H groups in total. The van der Waals surface area contributed by atoms with Crippen molar-refractivity contribution in [2.24, 2.45) is 4.36 Å².